The summed E-state index contributed by atoms with van der Waals surface area (Å²) in [6, 6.07) is 8.18. The third-order valence-corrected chi connectivity index (χ3v) is 3.18. The van der Waals surface area contributed by atoms with Crippen molar-refractivity contribution in [2.24, 2.45) is 0 Å². The average Bonchev–Trinajstić information content (AvgIpc) is 2.69. The van der Waals surface area contributed by atoms with Gasteiger partial charge in [0.15, 0.2) is 0 Å². The lowest BCUT2D eigenvalue weighted by molar-refractivity contribution is 0.185. The van der Waals surface area contributed by atoms with Gasteiger partial charge >= 0.3 is 0 Å². The molecule has 0 saturated carbocycles. The molecule has 102 valence electrons. The lowest BCUT2D eigenvalue weighted by Gasteiger charge is -2.06. The zero-order valence-electron chi connectivity index (χ0n) is 11.8. The number of hydrogen-bond acceptors (Lipinski definition) is 3. The molecule has 1 aromatic carbocycles. The van der Waals surface area contributed by atoms with Crippen molar-refractivity contribution in [2.75, 3.05) is 12.8 Å². The van der Waals surface area contributed by atoms with Gasteiger partial charge in [-0.1, -0.05) is 31.2 Å². The minimum absolute atomic E-state index is 0.624. The predicted molar refractivity (Wildman–Crippen MR) is 77.8 cm³/mol. The number of anilines is 1. The topological polar surface area (TPSA) is 53.1 Å². The first-order chi connectivity index (χ1) is 9.17. The SMILES string of the molecule is CCCn1c(C)nc(-c2ccc(COC)cc2)c1N. The molecule has 0 bridgehead atoms. The number of rotatable bonds is 5. The zero-order valence-corrected chi connectivity index (χ0v) is 11.8. The van der Waals surface area contributed by atoms with Crippen LogP contribution in [-0.2, 0) is 17.9 Å². The van der Waals surface area contributed by atoms with Crippen molar-refractivity contribution in [3.05, 3.63) is 35.7 Å². The molecule has 0 aliphatic heterocycles. The van der Waals surface area contributed by atoms with Gasteiger partial charge < -0.3 is 15.0 Å². The van der Waals surface area contributed by atoms with Crippen LogP contribution in [0.2, 0.25) is 0 Å². The number of nitrogen functional groups attached to an aromatic ring is 1. The highest BCUT2D eigenvalue weighted by atomic mass is 16.5. The van der Waals surface area contributed by atoms with Gasteiger partial charge in [-0.05, 0) is 18.9 Å². The molecule has 0 fully saturated rings. The van der Waals surface area contributed by atoms with E-state index in [9.17, 15) is 0 Å². The summed E-state index contributed by atoms with van der Waals surface area (Å²) in [4.78, 5) is 4.58. The Balaban J connectivity index is 2.33. The van der Waals surface area contributed by atoms with E-state index in [4.69, 9.17) is 10.5 Å². The van der Waals surface area contributed by atoms with Crippen molar-refractivity contribution in [3.8, 4) is 11.3 Å². The van der Waals surface area contributed by atoms with Crippen molar-refractivity contribution in [3.63, 3.8) is 0 Å². The standard InChI is InChI=1S/C15H21N3O/c1-4-9-18-11(2)17-14(15(18)16)13-7-5-12(6-8-13)10-19-3/h5-8H,4,9-10,16H2,1-3H3. The highest BCUT2D eigenvalue weighted by molar-refractivity contribution is 5.71. The Morgan fingerprint density at radius 2 is 1.95 bits per heavy atom. The summed E-state index contributed by atoms with van der Waals surface area (Å²) in [5.41, 5.74) is 9.26. The number of methoxy groups -OCH3 is 1. The van der Waals surface area contributed by atoms with Crippen LogP contribution < -0.4 is 5.73 Å². The number of hydrogen-bond donors (Lipinski definition) is 1. The van der Waals surface area contributed by atoms with Gasteiger partial charge in [0.1, 0.15) is 17.3 Å². The molecule has 0 aliphatic rings. The van der Waals surface area contributed by atoms with Crippen LogP contribution in [0.15, 0.2) is 24.3 Å². The smallest absolute Gasteiger partial charge is 0.131 e. The van der Waals surface area contributed by atoms with E-state index in [1.807, 2.05) is 31.2 Å². The van der Waals surface area contributed by atoms with Gasteiger partial charge in [0.05, 0.1) is 6.61 Å². The van der Waals surface area contributed by atoms with Crippen LogP contribution in [0.1, 0.15) is 24.7 Å². The molecule has 2 N–H and O–H groups in total. The van der Waals surface area contributed by atoms with Crippen molar-refractivity contribution < 1.29 is 4.74 Å². The Labute approximate surface area is 114 Å². The monoisotopic (exact) mass is 259 g/mol. The van der Waals surface area contributed by atoms with Gasteiger partial charge in [-0.15, -0.1) is 0 Å². The fourth-order valence-corrected chi connectivity index (χ4v) is 2.23. The molecule has 0 saturated heterocycles. The van der Waals surface area contributed by atoms with E-state index in [1.54, 1.807) is 7.11 Å². The second-order valence-electron chi connectivity index (χ2n) is 4.67. The summed E-state index contributed by atoms with van der Waals surface area (Å²) in [5, 5.41) is 0. The number of aromatic nitrogens is 2. The van der Waals surface area contributed by atoms with Crippen LogP contribution in [0.5, 0.6) is 0 Å². The molecule has 0 unspecified atom stereocenters. The number of imidazole rings is 1. The minimum Gasteiger partial charge on any atom is -0.383 e. The third kappa shape index (κ3) is 2.79. The maximum absolute atomic E-state index is 6.19. The first-order valence-electron chi connectivity index (χ1n) is 6.58. The normalized spacial score (nSPS) is 10.9. The van der Waals surface area contributed by atoms with Crippen LogP contribution >= 0.6 is 0 Å². The first kappa shape index (κ1) is 13.6. The third-order valence-electron chi connectivity index (χ3n) is 3.18. The van der Waals surface area contributed by atoms with Gasteiger partial charge in [0.2, 0.25) is 0 Å². The van der Waals surface area contributed by atoms with E-state index in [2.05, 4.69) is 16.5 Å². The molecule has 2 aromatic rings. The second kappa shape index (κ2) is 5.89. The van der Waals surface area contributed by atoms with Crippen molar-refractivity contribution in [1.29, 1.82) is 0 Å². The maximum atomic E-state index is 6.19. The second-order valence-corrected chi connectivity index (χ2v) is 4.67. The lowest BCUT2D eigenvalue weighted by atomic mass is 10.1. The summed E-state index contributed by atoms with van der Waals surface area (Å²) < 4.78 is 7.18. The number of nitrogens with zero attached hydrogens (tertiary/aromatic N) is 2. The Hall–Kier alpha value is -1.81. The quantitative estimate of drug-likeness (QED) is 0.898. The van der Waals surface area contributed by atoms with Crippen molar-refractivity contribution in [2.45, 2.75) is 33.4 Å². The van der Waals surface area contributed by atoms with E-state index in [0.29, 0.717) is 6.61 Å². The Bertz CT molecular complexity index is 543. The number of aryl methyl sites for hydroxylation is 1. The van der Waals surface area contributed by atoms with Crippen LogP contribution in [0, 0.1) is 6.92 Å². The molecule has 4 heteroatoms. The Kier molecular flexibility index (Phi) is 4.22. The summed E-state index contributed by atoms with van der Waals surface area (Å²) in [5.74, 6) is 1.72. The van der Waals surface area contributed by atoms with E-state index < -0.39 is 0 Å². The molecule has 0 aliphatic carbocycles. The van der Waals surface area contributed by atoms with Gasteiger partial charge in [-0.3, -0.25) is 0 Å². The molecule has 4 nitrogen and oxygen atoms in total. The lowest BCUT2D eigenvalue weighted by Crippen LogP contribution is -2.04. The zero-order chi connectivity index (χ0) is 13.8. The highest BCUT2D eigenvalue weighted by Gasteiger charge is 2.12. The van der Waals surface area contributed by atoms with E-state index in [-0.39, 0.29) is 0 Å². The first-order valence-corrected chi connectivity index (χ1v) is 6.58. The summed E-state index contributed by atoms with van der Waals surface area (Å²) in [7, 11) is 1.70. The van der Waals surface area contributed by atoms with Gasteiger partial charge in [-0.2, -0.15) is 0 Å². The molecular formula is C15H21N3O. The molecular weight excluding hydrogens is 238 g/mol. The summed E-state index contributed by atoms with van der Waals surface area (Å²) in [6.45, 7) is 5.67. The van der Waals surface area contributed by atoms with Gasteiger partial charge in [0, 0.05) is 19.2 Å². The summed E-state index contributed by atoms with van der Waals surface area (Å²) >= 11 is 0. The largest absolute Gasteiger partial charge is 0.383 e. The van der Waals surface area contributed by atoms with Gasteiger partial charge in [0.25, 0.3) is 0 Å². The van der Waals surface area contributed by atoms with Crippen LogP contribution in [-0.4, -0.2) is 16.7 Å². The predicted octanol–water partition coefficient (Wildman–Crippen LogP) is 3.00. The van der Waals surface area contributed by atoms with E-state index in [0.717, 1.165) is 41.4 Å². The fourth-order valence-electron chi connectivity index (χ4n) is 2.23. The van der Waals surface area contributed by atoms with E-state index >= 15 is 0 Å². The van der Waals surface area contributed by atoms with Crippen LogP contribution in [0.4, 0.5) is 5.82 Å². The Morgan fingerprint density at radius 1 is 1.26 bits per heavy atom. The van der Waals surface area contributed by atoms with E-state index in [1.165, 1.54) is 0 Å². The maximum Gasteiger partial charge on any atom is 0.131 e. The molecule has 0 amide bonds. The molecule has 2 rings (SSSR count). The van der Waals surface area contributed by atoms with Crippen molar-refractivity contribution in [1.82, 2.24) is 9.55 Å². The molecule has 0 radical (unpaired) electrons. The van der Waals surface area contributed by atoms with Crippen LogP contribution in [0.25, 0.3) is 11.3 Å². The molecule has 0 spiro atoms. The molecule has 1 heterocycles. The van der Waals surface area contributed by atoms with Crippen LogP contribution in [0.3, 0.4) is 0 Å². The highest BCUT2D eigenvalue weighted by Crippen LogP contribution is 2.26. The minimum atomic E-state index is 0.624. The molecule has 1 aromatic heterocycles. The fraction of sp³-hybridized carbons (Fsp3) is 0.400. The Morgan fingerprint density at radius 3 is 2.53 bits per heavy atom. The van der Waals surface area contributed by atoms with Crippen molar-refractivity contribution >= 4 is 5.82 Å². The van der Waals surface area contributed by atoms with Gasteiger partial charge in [-0.25, -0.2) is 4.98 Å². The average molecular weight is 259 g/mol. The number of ether oxygens (including phenoxy) is 1. The number of nitrogens with two attached hydrogens (primary N) is 1. The number of benzene rings is 1. The summed E-state index contributed by atoms with van der Waals surface area (Å²) in [6.07, 6.45) is 1.05. The molecule has 0 atom stereocenters. The molecule has 19 heavy (non-hydrogen) atoms.